The molecule has 3 aromatic rings. The minimum absolute atomic E-state index is 0.164. The van der Waals surface area contributed by atoms with E-state index in [9.17, 15) is 29.1 Å². The fraction of sp³-hybridized carbons (Fsp3) is 0.621. The van der Waals surface area contributed by atoms with Crippen molar-refractivity contribution in [1.29, 1.82) is 0 Å². The molecule has 1 heterocycles. The summed E-state index contributed by atoms with van der Waals surface area (Å²) in [4.78, 5) is 68.9. The van der Waals surface area contributed by atoms with Gasteiger partial charge in [-0.25, -0.2) is 14.4 Å². The van der Waals surface area contributed by atoms with Crippen LogP contribution in [0.25, 0.3) is 0 Å². The minimum Gasteiger partial charge on any atom is -0.462 e. The molecule has 0 aliphatic carbocycles. The first-order chi connectivity index (χ1) is 38.3. The van der Waals surface area contributed by atoms with E-state index in [2.05, 4.69) is 19.2 Å². The van der Waals surface area contributed by atoms with Crippen molar-refractivity contribution in [2.75, 3.05) is 13.2 Å². The first-order valence-electron chi connectivity index (χ1n) is 30.2. The van der Waals surface area contributed by atoms with E-state index in [1.807, 2.05) is 6.08 Å². The van der Waals surface area contributed by atoms with E-state index >= 15 is 0 Å². The molecule has 7 atom stereocenters. The van der Waals surface area contributed by atoms with Crippen molar-refractivity contribution in [2.45, 2.75) is 244 Å². The van der Waals surface area contributed by atoms with Crippen LogP contribution >= 0.6 is 0 Å². The first kappa shape index (κ1) is 66.1. The lowest BCUT2D eigenvalue weighted by Gasteiger charge is -2.43. The number of aliphatic hydroxyl groups is 1. The molecule has 13 heteroatoms. The van der Waals surface area contributed by atoms with E-state index < -0.39 is 78.8 Å². The van der Waals surface area contributed by atoms with E-state index in [0.29, 0.717) is 18.4 Å². The highest BCUT2D eigenvalue weighted by Gasteiger charge is 2.51. The van der Waals surface area contributed by atoms with Gasteiger partial charge >= 0.3 is 23.9 Å². The molecule has 438 valence electrons. The van der Waals surface area contributed by atoms with Gasteiger partial charge in [0.15, 0.2) is 18.5 Å². The molecule has 1 saturated heterocycles. The number of ether oxygens (including phenoxy) is 6. The minimum atomic E-state index is -1.69. The Hall–Kier alpha value is -5.37. The zero-order valence-electron chi connectivity index (χ0n) is 48.6. The second kappa shape index (κ2) is 39.1. The molecule has 0 unspecified atom stereocenters. The second-order valence-corrected chi connectivity index (χ2v) is 22.3. The van der Waals surface area contributed by atoms with Crippen molar-refractivity contribution in [3.05, 3.63) is 120 Å². The molecule has 3 aromatic carbocycles. The van der Waals surface area contributed by atoms with Gasteiger partial charge in [-0.15, -0.1) is 0 Å². The Morgan fingerprint density at radius 1 is 0.570 bits per heavy atom. The predicted molar refractivity (Wildman–Crippen MR) is 310 cm³/mol. The molecule has 1 aliphatic heterocycles. The number of benzene rings is 3. The molecule has 1 aliphatic rings. The van der Waals surface area contributed by atoms with Crippen LogP contribution in [0.3, 0.4) is 0 Å². The zero-order chi connectivity index (χ0) is 56.9. The molecule has 0 aromatic heterocycles. The van der Waals surface area contributed by atoms with Gasteiger partial charge in [-0.1, -0.05) is 216 Å². The van der Waals surface area contributed by atoms with Crippen LogP contribution in [-0.2, 0) is 38.0 Å². The van der Waals surface area contributed by atoms with Crippen molar-refractivity contribution in [3.63, 3.8) is 0 Å². The predicted octanol–water partition coefficient (Wildman–Crippen LogP) is 14.6. The van der Waals surface area contributed by atoms with Crippen LogP contribution in [0.15, 0.2) is 103 Å². The zero-order valence-corrected chi connectivity index (χ0v) is 48.6. The molecular formula is C66H97NO12. The molecule has 0 radical (unpaired) electrons. The number of nitrogens with one attached hydrogen (secondary N) is 1. The molecule has 79 heavy (non-hydrogen) atoms. The van der Waals surface area contributed by atoms with Gasteiger partial charge in [0.1, 0.15) is 24.9 Å². The molecule has 1 amide bonds. The van der Waals surface area contributed by atoms with Crippen molar-refractivity contribution >= 4 is 29.8 Å². The fourth-order valence-electron chi connectivity index (χ4n) is 9.51. The Bertz CT molecular complexity index is 2160. The van der Waals surface area contributed by atoms with Gasteiger partial charge < -0.3 is 38.8 Å². The summed E-state index contributed by atoms with van der Waals surface area (Å²) in [5.41, 5.74) is -0.262. The molecule has 0 saturated carbocycles. The second-order valence-electron chi connectivity index (χ2n) is 22.3. The average molecular weight is 1100 g/mol. The number of rotatable bonds is 40. The van der Waals surface area contributed by atoms with Crippen LogP contribution in [0, 0.1) is 5.41 Å². The Balaban J connectivity index is 1.61. The van der Waals surface area contributed by atoms with Gasteiger partial charge in [-0.05, 0) is 82.5 Å². The van der Waals surface area contributed by atoms with Crippen molar-refractivity contribution in [1.82, 2.24) is 5.32 Å². The van der Waals surface area contributed by atoms with Crippen molar-refractivity contribution < 1.29 is 57.5 Å². The standard InChI is InChI=1S/C66H97NO12/c1-6-8-10-12-14-16-18-20-22-24-26-28-39-47-55(76-61(70)51-41-33-30-34-42-51)54(67-57(68)48-40-29-27-25-23-21-19-17-15-13-11-9-7-2)49-74-64-60(79-63(72)53-45-37-32-38-46-53)59(78-62(71)52-43-35-31-36-44-52)58(69)56(77-64)50-75-65(73)66(3,4)5/h30-39,41-47,54-56,58-60,64,69H,6-29,40,48-50H2,1-5H3,(H,67,68)/b47-39+/t54-,55+,56+,58-,59-,60+,64+/m0/s1. The topological polar surface area (TPSA) is 173 Å². The van der Waals surface area contributed by atoms with Crippen LogP contribution in [0.4, 0.5) is 0 Å². The van der Waals surface area contributed by atoms with E-state index in [4.69, 9.17) is 28.4 Å². The summed E-state index contributed by atoms with van der Waals surface area (Å²) in [7, 11) is 0. The highest BCUT2D eigenvalue weighted by molar-refractivity contribution is 5.91. The smallest absolute Gasteiger partial charge is 0.338 e. The maximum atomic E-state index is 14.1. The van der Waals surface area contributed by atoms with Crippen LogP contribution in [0.2, 0.25) is 0 Å². The highest BCUT2D eigenvalue weighted by atomic mass is 16.7. The normalized spacial score (nSPS) is 18.1. The van der Waals surface area contributed by atoms with Crippen LogP contribution < -0.4 is 5.32 Å². The molecule has 1 fully saturated rings. The summed E-state index contributed by atoms with van der Waals surface area (Å²) in [6, 6.07) is 23.9. The van der Waals surface area contributed by atoms with Gasteiger partial charge in [0.05, 0.1) is 34.8 Å². The van der Waals surface area contributed by atoms with Gasteiger partial charge in [0.2, 0.25) is 5.91 Å². The van der Waals surface area contributed by atoms with Gasteiger partial charge in [-0.3, -0.25) is 9.59 Å². The lowest BCUT2D eigenvalue weighted by molar-refractivity contribution is -0.301. The average Bonchev–Trinajstić information content (AvgIpc) is 3.46. The van der Waals surface area contributed by atoms with Crippen molar-refractivity contribution in [2.24, 2.45) is 5.41 Å². The molecule has 0 bridgehead atoms. The van der Waals surface area contributed by atoms with Crippen LogP contribution in [-0.4, -0.2) is 91.0 Å². The third-order valence-electron chi connectivity index (χ3n) is 14.4. The molecule has 0 spiro atoms. The third-order valence-corrected chi connectivity index (χ3v) is 14.4. The van der Waals surface area contributed by atoms with Crippen LogP contribution in [0.1, 0.15) is 233 Å². The van der Waals surface area contributed by atoms with Crippen LogP contribution in [0.5, 0.6) is 0 Å². The summed E-state index contributed by atoms with van der Waals surface area (Å²) < 4.78 is 37.0. The Labute approximate surface area is 473 Å². The number of carbonyl (C=O) groups excluding carboxylic acids is 5. The quantitative estimate of drug-likeness (QED) is 0.0239. The van der Waals surface area contributed by atoms with E-state index in [-0.39, 0.29) is 30.1 Å². The molecular weight excluding hydrogens is 999 g/mol. The summed E-state index contributed by atoms with van der Waals surface area (Å²) in [5, 5.41) is 15.1. The Morgan fingerprint density at radius 3 is 1.44 bits per heavy atom. The third kappa shape index (κ3) is 26.6. The Kier molecular flexibility index (Phi) is 32.7. The number of hydrogen-bond acceptors (Lipinski definition) is 12. The highest BCUT2D eigenvalue weighted by Crippen LogP contribution is 2.30. The molecule has 13 nitrogen and oxygen atoms in total. The monoisotopic (exact) mass is 1100 g/mol. The lowest BCUT2D eigenvalue weighted by atomic mass is 9.96. The van der Waals surface area contributed by atoms with Gasteiger partial charge in [-0.2, -0.15) is 0 Å². The van der Waals surface area contributed by atoms with Crippen molar-refractivity contribution in [3.8, 4) is 0 Å². The van der Waals surface area contributed by atoms with E-state index in [1.165, 1.54) is 109 Å². The lowest BCUT2D eigenvalue weighted by Crippen LogP contribution is -2.62. The molecule has 4 rings (SSSR count). The number of carbonyl (C=O) groups is 5. The first-order valence-corrected chi connectivity index (χ1v) is 30.2. The summed E-state index contributed by atoms with van der Waals surface area (Å²) in [5.74, 6) is -3.11. The van der Waals surface area contributed by atoms with Gasteiger partial charge in [0.25, 0.3) is 0 Å². The van der Waals surface area contributed by atoms with E-state index in [0.717, 1.165) is 38.5 Å². The summed E-state index contributed by atoms with van der Waals surface area (Å²) >= 11 is 0. The number of amides is 1. The summed E-state index contributed by atoms with van der Waals surface area (Å²) in [6.45, 7) is 8.69. The number of hydrogen-bond donors (Lipinski definition) is 2. The maximum absolute atomic E-state index is 14.1. The largest absolute Gasteiger partial charge is 0.462 e. The number of esters is 4. The Morgan fingerprint density at radius 2 is 0.987 bits per heavy atom. The number of allylic oxidation sites excluding steroid dienone is 1. The van der Waals surface area contributed by atoms with Gasteiger partial charge in [0, 0.05) is 6.42 Å². The SMILES string of the molecule is CCCCCCCCCCCCC/C=C/[C@@H](OC(=O)c1ccccc1)[C@H](CO[C@@H]1O[C@H](COC(=O)C(C)(C)C)[C@H](O)[C@H](OC(=O)c2ccccc2)[C@H]1OC(=O)c1ccccc1)NC(=O)CCCCCCCCCCCCCCC. The maximum Gasteiger partial charge on any atom is 0.338 e. The fourth-order valence-corrected chi connectivity index (χ4v) is 9.51. The number of unbranched alkanes of at least 4 members (excludes halogenated alkanes) is 23. The molecule has 2 N–H and O–H groups in total. The van der Waals surface area contributed by atoms with E-state index in [1.54, 1.807) is 118 Å². The number of aliphatic hydroxyl groups excluding tert-OH is 1. The summed E-state index contributed by atoms with van der Waals surface area (Å²) in [6.07, 6.45) is 24.2.